The predicted octanol–water partition coefficient (Wildman–Crippen LogP) is 3.16. The van der Waals surface area contributed by atoms with Gasteiger partial charge >= 0.3 is 11.9 Å². The zero-order valence-corrected chi connectivity index (χ0v) is 18.4. The van der Waals surface area contributed by atoms with Crippen molar-refractivity contribution < 1.29 is 29.6 Å². The van der Waals surface area contributed by atoms with Gasteiger partial charge in [-0.05, 0) is 79.1 Å². The smallest absolute Gasteiger partial charge is 0.331 e. The van der Waals surface area contributed by atoms with Crippen molar-refractivity contribution in [3.05, 3.63) is 11.6 Å². The lowest BCUT2D eigenvalue weighted by Gasteiger charge is -2.63. The highest BCUT2D eigenvalue weighted by Gasteiger charge is 2.68. The molecule has 3 N–H and O–H groups in total. The second-order valence-electron chi connectivity index (χ2n) is 10.8. The molecule has 0 aromatic heterocycles. The van der Waals surface area contributed by atoms with Gasteiger partial charge in [-0.2, -0.15) is 0 Å². The molecule has 3 aliphatic carbocycles. The number of esters is 1. The van der Waals surface area contributed by atoms with Crippen molar-refractivity contribution in [2.24, 2.45) is 40.4 Å². The number of hydrogen-bond donors (Lipinski definition) is 3. The molecule has 0 aromatic carbocycles. The number of rotatable bonds is 5. The second-order valence-corrected chi connectivity index (χ2v) is 10.8. The molecule has 0 saturated heterocycles. The van der Waals surface area contributed by atoms with Crippen molar-refractivity contribution in [1.29, 1.82) is 0 Å². The van der Waals surface area contributed by atoms with Gasteiger partial charge in [0.25, 0.3) is 0 Å². The Hall–Kier alpha value is -1.40. The molecule has 0 amide bonds. The first-order chi connectivity index (χ1) is 14.1. The Kier molecular flexibility index (Phi) is 5.33. The molecule has 3 saturated carbocycles. The number of cyclic esters (lactones) is 1. The number of ether oxygens (including phenoxy) is 1. The molecule has 1 unspecified atom stereocenters. The molecule has 6 nitrogen and oxygen atoms in total. The molecular formula is C24H36O6. The van der Waals surface area contributed by atoms with Gasteiger partial charge < -0.3 is 20.1 Å². The Balaban J connectivity index is 1.69. The summed E-state index contributed by atoms with van der Waals surface area (Å²) < 4.78 is 5.18. The molecule has 30 heavy (non-hydrogen) atoms. The minimum atomic E-state index is -0.836. The van der Waals surface area contributed by atoms with E-state index in [1.165, 1.54) is 0 Å². The summed E-state index contributed by atoms with van der Waals surface area (Å²) in [4.78, 5) is 23.2. The van der Waals surface area contributed by atoms with Gasteiger partial charge in [0, 0.05) is 24.5 Å². The highest BCUT2D eigenvalue weighted by atomic mass is 16.5. The molecule has 0 bridgehead atoms. The van der Waals surface area contributed by atoms with Crippen LogP contribution in [0.5, 0.6) is 0 Å². The van der Waals surface area contributed by atoms with Crippen LogP contribution >= 0.6 is 0 Å². The van der Waals surface area contributed by atoms with E-state index in [1.807, 2.05) is 6.92 Å². The third-order valence-corrected chi connectivity index (χ3v) is 10.0. The lowest BCUT2D eigenvalue weighted by molar-refractivity contribution is -0.211. The van der Waals surface area contributed by atoms with Gasteiger partial charge in [0.1, 0.15) is 6.61 Å². The van der Waals surface area contributed by atoms with Gasteiger partial charge in [0.15, 0.2) is 0 Å². The lowest BCUT2D eigenvalue weighted by atomic mass is 9.43. The molecule has 1 heterocycles. The maximum absolute atomic E-state index is 12.2. The monoisotopic (exact) mass is 420 g/mol. The average Bonchev–Trinajstić information content (AvgIpc) is 3.23. The Morgan fingerprint density at radius 1 is 1.20 bits per heavy atom. The summed E-state index contributed by atoms with van der Waals surface area (Å²) in [7, 11) is 0. The van der Waals surface area contributed by atoms with Gasteiger partial charge in [-0.3, -0.25) is 4.79 Å². The first kappa shape index (κ1) is 21.8. The number of fused-ring (bicyclic) bond motifs is 3. The number of hydrogen-bond acceptors (Lipinski definition) is 5. The van der Waals surface area contributed by atoms with E-state index < -0.39 is 11.6 Å². The molecule has 8 atom stereocenters. The fourth-order valence-corrected chi connectivity index (χ4v) is 8.12. The van der Waals surface area contributed by atoms with Crippen LogP contribution in [0.2, 0.25) is 0 Å². The van der Waals surface area contributed by atoms with Gasteiger partial charge in [-0.25, -0.2) is 4.79 Å². The zero-order chi connectivity index (χ0) is 21.9. The number of carboxylic acid groups (broad SMARTS) is 1. The number of aliphatic carboxylic acids is 1. The van der Waals surface area contributed by atoms with E-state index in [-0.39, 0.29) is 59.4 Å². The molecule has 0 aromatic rings. The zero-order valence-electron chi connectivity index (χ0n) is 18.4. The topological polar surface area (TPSA) is 104 Å². The highest BCUT2D eigenvalue weighted by Crippen LogP contribution is 2.69. The number of carboxylic acids is 1. The Morgan fingerprint density at radius 3 is 2.53 bits per heavy atom. The van der Waals surface area contributed by atoms with Crippen LogP contribution in [0.25, 0.3) is 0 Å². The first-order valence-electron chi connectivity index (χ1n) is 11.5. The van der Waals surface area contributed by atoms with Crippen LogP contribution in [-0.2, 0) is 14.3 Å². The van der Waals surface area contributed by atoms with Crippen molar-refractivity contribution in [3.8, 4) is 0 Å². The molecule has 3 fully saturated rings. The summed E-state index contributed by atoms with van der Waals surface area (Å²) in [5.74, 6) is -0.665. The summed E-state index contributed by atoms with van der Waals surface area (Å²) in [5, 5.41) is 31.7. The van der Waals surface area contributed by atoms with Crippen LogP contribution in [0.1, 0.15) is 65.7 Å². The van der Waals surface area contributed by atoms with E-state index in [1.54, 1.807) is 6.08 Å². The van der Waals surface area contributed by atoms with Crippen LogP contribution in [0.15, 0.2) is 11.6 Å². The summed E-state index contributed by atoms with van der Waals surface area (Å²) in [6, 6.07) is 0. The first-order valence-corrected chi connectivity index (χ1v) is 11.5. The van der Waals surface area contributed by atoms with Crippen LogP contribution in [0.4, 0.5) is 0 Å². The summed E-state index contributed by atoms with van der Waals surface area (Å²) in [5.41, 5.74) is -0.450. The number of carbonyl (C=O) groups is 2. The van der Waals surface area contributed by atoms with E-state index in [9.17, 15) is 24.9 Å². The third-order valence-electron chi connectivity index (χ3n) is 10.0. The molecule has 0 radical (unpaired) electrons. The van der Waals surface area contributed by atoms with Gasteiger partial charge in [-0.1, -0.05) is 20.8 Å². The van der Waals surface area contributed by atoms with Gasteiger partial charge in [-0.15, -0.1) is 0 Å². The van der Waals surface area contributed by atoms with Crippen molar-refractivity contribution >= 4 is 11.9 Å². The van der Waals surface area contributed by atoms with Crippen molar-refractivity contribution in [2.75, 3.05) is 13.2 Å². The van der Waals surface area contributed by atoms with E-state index in [4.69, 9.17) is 4.74 Å². The van der Waals surface area contributed by atoms with Crippen LogP contribution in [0.3, 0.4) is 0 Å². The molecule has 1 aliphatic heterocycles. The molecular weight excluding hydrogens is 384 g/mol. The largest absolute Gasteiger partial charge is 0.481 e. The van der Waals surface area contributed by atoms with Crippen molar-refractivity contribution in [1.82, 2.24) is 0 Å². The summed E-state index contributed by atoms with van der Waals surface area (Å²) in [6.07, 6.45) is 6.64. The molecule has 6 heteroatoms. The van der Waals surface area contributed by atoms with Gasteiger partial charge in [0.05, 0.1) is 5.60 Å². The van der Waals surface area contributed by atoms with E-state index >= 15 is 0 Å². The Morgan fingerprint density at radius 2 is 1.93 bits per heavy atom. The third kappa shape index (κ3) is 2.89. The lowest BCUT2D eigenvalue weighted by Crippen LogP contribution is -2.63. The molecule has 168 valence electrons. The number of aliphatic hydroxyl groups excluding tert-OH is 1. The van der Waals surface area contributed by atoms with Crippen LogP contribution < -0.4 is 0 Å². The second kappa shape index (κ2) is 7.33. The maximum Gasteiger partial charge on any atom is 0.331 e. The van der Waals surface area contributed by atoms with E-state index in [2.05, 4.69) is 13.8 Å². The van der Waals surface area contributed by atoms with Crippen LogP contribution in [0, 0.1) is 40.4 Å². The summed E-state index contributed by atoms with van der Waals surface area (Å²) >= 11 is 0. The Bertz CT molecular complexity index is 761. The molecule has 4 aliphatic rings. The average molecular weight is 421 g/mol. The standard InChI is InChI=1S/C24H36O6/c1-14(12-25)23(3)16(11-20(26)27)4-5-19-18(23)6-8-22(2)17(7-9-24(19,22)29)15-10-21(28)30-13-15/h10,14,16-19,25,29H,4-9,11-13H2,1-3H3,(H,26,27)/t14?,16-,17+,18-,19+,22+,23-,24-/m0/s1. The van der Waals surface area contributed by atoms with E-state index in [0.29, 0.717) is 13.0 Å². The number of aliphatic hydroxyl groups is 2. The predicted molar refractivity (Wildman–Crippen MR) is 110 cm³/mol. The summed E-state index contributed by atoms with van der Waals surface area (Å²) in [6.45, 7) is 6.73. The van der Waals surface area contributed by atoms with Crippen LogP contribution in [-0.4, -0.2) is 46.1 Å². The van der Waals surface area contributed by atoms with E-state index in [0.717, 1.165) is 37.7 Å². The molecule has 4 rings (SSSR count). The highest BCUT2D eigenvalue weighted by molar-refractivity contribution is 5.85. The Labute approximate surface area is 178 Å². The minimum absolute atomic E-state index is 0.00659. The quantitative estimate of drug-likeness (QED) is 0.590. The fourth-order valence-electron chi connectivity index (χ4n) is 8.12. The maximum atomic E-state index is 12.2. The van der Waals surface area contributed by atoms with Gasteiger partial charge in [0.2, 0.25) is 0 Å². The normalized spacial score (nSPS) is 46.6. The minimum Gasteiger partial charge on any atom is -0.481 e. The molecule has 0 spiro atoms. The SMILES string of the molecule is CC(CO)[C@@]1(C)[C@H](CC(=O)O)CC[C@@H]2[C@@H]1CC[C@]1(C)[C@@H](C3=CC(=O)OC3)CC[C@]21O. The van der Waals surface area contributed by atoms with Crippen molar-refractivity contribution in [3.63, 3.8) is 0 Å². The fraction of sp³-hybridized carbons (Fsp3) is 0.833. The van der Waals surface area contributed by atoms with Crippen molar-refractivity contribution in [2.45, 2.75) is 71.3 Å². The number of carbonyl (C=O) groups excluding carboxylic acids is 1.